The van der Waals surface area contributed by atoms with Crippen LogP contribution in [0.1, 0.15) is 27.7 Å². The van der Waals surface area contributed by atoms with Gasteiger partial charge in [0.2, 0.25) is 0 Å². The molecule has 1 atom stereocenters. The first-order valence-electron chi connectivity index (χ1n) is 5.39. The molecule has 0 spiro atoms. The van der Waals surface area contributed by atoms with Gasteiger partial charge in [0.25, 0.3) is 0 Å². The molecule has 0 bridgehead atoms. The minimum Gasteiger partial charge on any atom is -0.312 e. The lowest BCUT2D eigenvalue weighted by Crippen LogP contribution is -2.41. The molecule has 0 aromatic carbocycles. The van der Waals surface area contributed by atoms with Gasteiger partial charge in [0.05, 0.1) is 0 Å². The second-order valence-electron chi connectivity index (χ2n) is 5.25. The van der Waals surface area contributed by atoms with Crippen molar-refractivity contribution in [3.63, 3.8) is 0 Å². The summed E-state index contributed by atoms with van der Waals surface area (Å²) in [6.45, 7) is 15.8. The van der Waals surface area contributed by atoms with E-state index in [9.17, 15) is 0 Å². The Bertz CT molecular complexity index is 158. The average Bonchev–Trinajstić information content (AvgIpc) is 2.00. The summed E-state index contributed by atoms with van der Waals surface area (Å²) in [4.78, 5) is 2.29. The Morgan fingerprint density at radius 1 is 1.43 bits per heavy atom. The predicted octanol–water partition coefficient (Wildman–Crippen LogP) is 2.13. The predicted molar refractivity (Wildman–Crippen MR) is 64.6 cm³/mol. The maximum absolute atomic E-state index is 3.74. The minimum atomic E-state index is 0.227. The van der Waals surface area contributed by atoms with E-state index in [-0.39, 0.29) is 5.54 Å². The molecule has 0 saturated heterocycles. The van der Waals surface area contributed by atoms with E-state index < -0.39 is 0 Å². The van der Waals surface area contributed by atoms with Crippen LogP contribution < -0.4 is 5.32 Å². The van der Waals surface area contributed by atoms with Crippen molar-refractivity contribution in [2.24, 2.45) is 5.92 Å². The molecule has 0 fully saturated rings. The highest BCUT2D eigenvalue weighted by Gasteiger charge is 2.11. The lowest BCUT2D eigenvalue weighted by Gasteiger charge is -2.25. The first-order valence-corrected chi connectivity index (χ1v) is 5.39. The van der Waals surface area contributed by atoms with Gasteiger partial charge < -0.3 is 10.2 Å². The number of nitrogens with zero attached hydrogens (tertiary/aromatic N) is 1. The maximum atomic E-state index is 3.74. The van der Waals surface area contributed by atoms with Gasteiger partial charge in [-0.15, -0.1) is 6.58 Å². The zero-order valence-electron chi connectivity index (χ0n) is 10.4. The first-order chi connectivity index (χ1) is 6.35. The monoisotopic (exact) mass is 198 g/mol. The SMILES string of the molecule is C=CCN(C)CC(C)CNC(C)(C)C. The van der Waals surface area contributed by atoms with Gasteiger partial charge >= 0.3 is 0 Å². The largest absolute Gasteiger partial charge is 0.312 e. The number of hydrogen-bond acceptors (Lipinski definition) is 2. The van der Waals surface area contributed by atoms with Crippen LogP contribution in [-0.2, 0) is 0 Å². The van der Waals surface area contributed by atoms with Crippen LogP contribution in [-0.4, -0.2) is 37.1 Å². The van der Waals surface area contributed by atoms with Crippen molar-refractivity contribution in [1.29, 1.82) is 0 Å². The average molecular weight is 198 g/mol. The van der Waals surface area contributed by atoms with Crippen molar-refractivity contribution in [2.75, 3.05) is 26.7 Å². The molecular weight excluding hydrogens is 172 g/mol. The van der Waals surface area contributed by atoms with Crippen molar-refractivity contribution >= 4 is 0 Å². The third-order valence-corrected chi connectivity index (χ3v) is 2.04. The van der Waals surface area contributed by atoms with Crippen LogP contribution >= 0.6 is 0 Å². The van der Waals surface area contributed by atoms with Crippen LogP contribution in [0.3, 0.4) is 0 Å². The Hall–Kier alpha value is -0.340. The Morgan fingerprint density at radius 2 is 2.00 bits per heavy atom. The summed E-state index contributed by atoms with van der Waals surface area (Å²) >= 11 is 0. The quantitative estimate of drug-likeness (QED) is 0.658. The van der Waals surface area contributed by atoms with E-state index in [0.717, 1.165) is 19.6 Å². The summed E-state index contributed by atoms with van der Waals surface area (Å²) < 4.78 is 0. The normalized spacial score (nSPS) is 14.4. The van der Waals surface area contributed by atoms with Crippen molar-refractivity contribution in [1.82, 2.24) is 10.2 Å². The van der Waals surface area contributed by atoms with Gasteiger partial charge in [-0.05, 0) is 40.3 Å². The van der Waals surface area contributed by atoms with E-state index in [1.807, 2.05) is 6.08 Å². The van der Waals surface area contributed by atoms with Crippen LogP contribution in [0, 0.1) is 5.92 Å². The second kappa shape index (κ2) is 6.20. The number of nitrogens with one attached hydrogen (secondary N) is 1. The third kappa shape index (κ3) is 8.27. The molecule has 0 aromatic rings. The van der Waals surface area contributed by atoms with Crippen molar-refractivity contribution < 1.29 is 0 Å². The molecule has 1 N–H and O–H groups in total. The molecule has 0 amide bonds. The Balaban J connectivity index is 3.64. The molecule has 0 aliphatic carbocycles. The van der Waals surface area contributed by atoms with Crippen molar-refractivity contribution in [2.45, 2.75) is 33.2 Å². The lowest BCUT2D eigenvalue weighted by molar-refractivity contribution is 0.287. The summed E-state index contributed by atoms with van der Waals surface area (Å²) in [6.07, 6.45) is 1.95. The Labute approximate surface area is 89.4 Å². The zero-order valence-corrected chi connectivity index (χ0v) is 10.4. The van der Waals surface area contributed by atoms with Gasteiger partial charge in [-0.1, -0.05) is 13.0 Å². The molecule has 2 nitrogen and oxygen atoms in total. The molecule has 84 valence electrons. The molecule has 1 unspecified atom stereocenters. The maximum Gasteiger partial charge on any atom is 0.0157 e. The standard InChI is InChI=1S/C12H26N2/c1-7-8-14(6)10-11(2)9-13-12(3,4)5/h7,11,13H,1,8-10H2,2-6H3. The van der Waals surface area contributed by atoms with Gasteiger partial charge in [-0.25, -0.2) is 0 Å². The van der Waals surface area contributed by atoms with E-state index in [4.69, 9.17) is 0 Å². The Kier molecular flexibility index (Phi) is 6.05. The van der Waals surface area contributed by atoms with Crippen LogP contribution in [0.2, 0.25) is 0 Å². The van der Waals surface area contributed by atoms with Crippen LogP contribution in [0.15, 0.2) is 12.7 Å². The second-order valence-corrected chi connectivity index (χ2v) is 5.25. The van der Waals surface area contributed by atoms with Gasteiger partial charge in [0.1, 0.15) is 0 Å². The summed E-state index contributed by atoms with van der Waals surface area (Å²) in [5.74, 6) is 0.680. The molecule has 0 radical (unpaired) electrons. The van der Waals surface area contributed by atoms with Crippen LogP contribution in [0.4, 0.5) is 0 Å². The van der Waals surface area contributed by atoms with Crippen LogP contribution in [0.5, 0.6) is 0 Å². The molecule has 2 heteroatoms. The van der Waals surface area contributed by atoms with Crippen molar-refractivity contribution in [3.05, 3.63) is 12.7 Å². The highest BCUT2D eigenvalue weighted by Crippen LogP contribution is 2.02. The van der Waals surface area contributed by atoms with Crippen molar-refractivity contribution in [3.8, 4) is 0 Å². The molecule has 14 heavy (non-hydrogen) atoms. The summed E-state index contributed by atoms with van der Waals surface area (Å²) in [7, 11) is 2.13. The fourth-order valence-electron chi connectivity index (χ4n) is 1.37. The van der Waals surface area contributed by atoms with Gasteiger partial charge in [0, 0.05) is 18.6 Å². The number of hydrogen-bond donors (Lipinski definition) is 1. The smallest absolute Gasteiger partial charge is 0.0157 e. The molecule has 0 aliphatic rings. The van der Waals surface area contributed by atoms with E-state index in [2.05, 4.69) is 51.5 Å². The first kappa shape index (κ1) is 13.7. The summed E-state index contributed by atoms with van der Waals surface area (Å²) in [6, 6.07) is 0. The summed E-state index contributed by atoms with van der Waals surface area (Å²) in [5, 5.41) is 3.52. The fourth-order valence-corrected chi connectivity index (χ4v) is 1.37. The fraction of sp³-hybridized carbons (Fsp3) is 0.833. The van der Waals surface area contributed by atoms with Gasteiger partial charge in [-0.3, -0.25) is 0 Å². The molecule has 0 saturated carbocycles. The van der Waals surface area contributed by atoms with E-state index in [0.29, 0.717) is 5.92 Å². The van der Waals surface area contributed by atoms with E-state index >= 15 is 0 Å². The molecular formula is C12H26N2. The van der Waals surface area contributed by atoms with E-state index in [1.54, 1.807) is 0 Å². The zero-order chi connectivity index (χ0) is 11.2. The Morgan fingerprint density at radius 3 is 2.43 bits per heavy atom. The highest BCUT2D eigenvalue weighted by molar-refractivity contribution is 4.75. The highest BCUT2D eigenvalue weighted by atomic mass is 15.1. The number of rotatable bonds is 6. The van der Waals surface area contributed by atoms with Gasteiger partial charge in [0.15, 0.2) is 0 Å². The molecule has 0 aromatic heterocycles. The van der Waals surface area contributed by atoms with E-state index in [1.165, 1.54) is 0 Å². The molecule has 0 aliphatic heterocycles. The van der Waals surface area contributed by atoms with Gasteiger partial charge in [-0.2, -0.15) is 0 Å². The minimum absolute atomic E-state index is 0.227. The summed E-state index contributed by atoms with van der Waals surface area (Å²) in [5.41, 5.74) is 0.227. The number of likely N-dealkylation sites (N-methyl/N-ethyl adjacent to an activating group) is 1. The topological polar surface area (TPSA) is 15.3 Å². The third-order valence-electron chi connectivity index (χ3n) is 2.04. The lowest BCUT2D eigenvalue weighted by atomic mass is 10.1. The molecule has 0 rings (SSSR count). The molecule has 0 heterocycles. The van der Waals surface area contributed by atoms with Crippen LogP contribution in [0.25, 0.3) is 0 Å².